The van der Waals surface area contributed by atoms with Crippen LogP contribution in [0.2, 0.25) is 0 Å². The number of halogens is 2. The molecule has 5 rings (SSSR count). The first-order chi connectivity index (χ1) is 16.3. The van der Waals surface area contributed by atoms with E-state index in [2.05, 4.69) is 82.4 Å². The van der Waals surface area contributed by atoms with Gasteiger partial charge in [0.05, 0.1) is 37.4 Å². The van der Waals surface area contributed by atoms with Crippen LogP contribution in [-0.2, 0) is 26.5 Å². The SMILES string of the molecule is C[C@H]1C[C@@H](CC(=O)N2CCC[C@H]2CO)O[C@]12C(=O)N(Cc1ccc(I)cc1)c1ccc(I)cc12. The summed E-state index contributed by atoms with van der Waals surface area (Å²) in [6, 6.07) is 14.2. The number of carbonyl (C=O) groups excluding carboxylic acids is 2. The minimum absolute atomic E-state index is 0.00456. The van der Waals surface area contributed by atoms with E-state index in [1.807, 2.05) is 17.0 Å². The van der Waals surface area contributed by atoms with Crippen molar-refractivity contribution in [1.82, 2.24) is 4.90 Å². The lowest BCUT2D eigenvalue weighted by atomic mass is 9.83. The lowest BCUT2D eigenvalue weighted by molar-refractivity contribution is -0.150. The van der Waals surface area contributed by atoms with Crippen molar-refractivity contribution in [2.24, 2.45) is 5.92 Å². The van der Waals surface area contributed by atoms with Gasteiger partial charge in [0.2, 0.25) is 5.91 Å². The van der Waals surface area contributed by atoms with E-state index in [-0.39, 0.29) is 42.9 Å². The molecular weight excluding hydrogens is 658 g/mol. The molecule has 3 aliphatic rings. The molecule has 1 N–H and O–H groups in total. The van der Waals surface area contributed by atoms with Crippen molar-refractivity contribution >= 4 is 62.7 Å². The van der Waals surface area contributed by atoms with Gasteiger partial charge in [-0.25, -0.2) is 0 Å². The van der Waals surface area contributed by atoms with Crippen LogP contribution in [0.25, 0.3) is 0 Å². The van der Waals surface area contributed by atoms with Crippen molar-refractivity contribution in [2.45, 2.75) is 56.9 Å². The van der Waals surface area contributed by atoms with Crippen LogP contribution in [0.5, 0.6) is 0 Å². The molecule has 3 aliphatic heterocycles. The van der Waals surface area contributed by atoms with E-state index in [0.717, 1.165) is 36.8 Å². The quantitative estimate of drug-likeness (QED) is 0.473. The van der Waals surface area contributed by atoms with Crippen molar-refractivity contribution in [3.05, 3.63) is 60.7 Å². The smallest absolute Gasteiger partial charge is 0.264 e. The number of hydrogen-bond donors (Lipinski definition) is 1. The second-order valence-corrected chi connectivity index (χ2v) is 12.1. The molecule has 8 heteroatoms. The highest BCUT2D eigenvalue weighted by Gasteiger charge is 2.60. The first-order valence-electron chi connectivity index (χ1n) is 11.8. The van der Waals surface area contributed by atoms with Gasteiger partial charge in [-0.05, 0) is 100 Å². The zero-order valence-electron chi connectivity index (χ0n) is 19.0. The van der Waals surface area contributed by atoms with Crippen LogP contribution in [0.15, 0.2) is 42.5 Å². The summed E-state index contributed by atoms with van der Waals surface area (Å²) >= 11 is 4.56. The Labute approximate surface area is 227 Å². The van der Waals surface area contributed by atoms with Crippen LogP contribution in [0.1, 0.15) is 43.7 Å². The molecule has 34 heavy (non-hydrogen) atoms. The monoisotopic (exact) mass is 686 g/mol. The zero-order valence-corrected chi connectivity index (χ0v) is 23.4. The number of likely N-dealkylation sites (tertiary alicyclic amines) is 1. The summed E-state index contributed by atoms with van der Waals surface area (Å²) < 4.78 is 8.80. The van der Waals surface area contributed by atoms with Gasteiger partial charge in [0.15, 0.2) is 5.60 Å². The van der Waals surface area contributed by atoms with Gasteiger partial charge in [0.25, 0.3) is 5.91 Å². The normalized spacial score (nSPS) is 28.2. The Morgan fingerprint density at radius 2 is 1.91 bits per heavy atom. The fourth-order valence-electron chi connectivity index (χ4n) is 5.76. The highest BCUT2D eigenvalue weighted by atomic mass is 127. The Morgan fingerprint density at radius 1 is 1.18 bits per heavy atom. The number of nitrogens with zero attached hydrogens (tertiary/aromatic N) is 2. The highest BCUT2D eigenvalue weighted by molar-refractivity contribution is 14.1. The predicted octanol–water partition coefficient (Wildman–Crippen LogP) is 4.44. The molecule has 2 aromatic rings. The van der Waals surface area contributed by atoms with Gasteiger partial charge in [-0.15, -0.1) is 0 Å². The molecule has 0 radical (unpaired) electrons. The molecule has 1 spiro atoms. The molecule has 6 nitrogen and oxygen atoms in total. The Kier molecular flexibility index (Phi) is 6.95. The molecule has 180 valence electrons. The number of rotatable bonds is 5. The van der Waals surface area contributed by atoms with Gasteiger partial charge < -0.3 is 19.6 Å². The maximum atomic E-state index is 14.0. The minimum atomic E-state index is -1.06. The van der Waals surface area contributed by atoms with Gasteiger partial charge >= 0.3 is 0 Å². The highest BCUT2D eigenvalue weighted by Crippen LogP contribution is 2.54. The summed E-state index contributed by atoms with van der Waals surface area (Å²) in [6.45, 7) is 3.22. The van der Waals surface area contributed by atoms with Crippen molar-refractivity contribution in [2.75, 3.05) is 18.1 Å². The number of aliphatic hydroxyl groups excluding tert-OH is 1. The lowest BCUT2D eigenvalue weighted by Crippen LogP contribution is -2.44. The van der Waals surface area contributed by atoms with Gasteiger partial charge in [-0.2, -0.15) is 0 Å². The van der Waals surface area contributed by atoms with Crippen LogP contribution in [0, 0.1) is 13.1 Å². The average Bonchev–Trinajstić information content (AvgIpc) is 3.48. The summed E-state index contributed by atoms with van der Waals surface area (Å²) in [6.07, 6.45) is 2.33. The van der Waals surface area contributed by atoms with Gasteiger partial charge in [0.1, 0.15) is 0 Å². The first-order valence-corrected chi connectivity index (χ1v) is 13.9. The van der Waals surface area contributed by atoms with Crippen LogP contribution < -0.4 is 4.90 Å². The zero-order chi connectivity index (χ0) is 24.0. The van der Waals surface area contributed by atoms with Crippen LogP contribution >= 0.6 is 45.2 Å². The van der Waals surface area contributed by atoms with Crippen molar-refractivity contribution in [3.63, 3.8) is 0 Å². The van der Waals surface area contributed by atoms with Crippen LogP contribution in [0.3, 0.4) is 0 Å². The molecule has 3 heterocycles. The van der Waals surface area contributed by atoms with Gasteiger partial charge in [-0.1, -0.05) is 19.1 Å². The fraction of sp³-hybridized carbons (Fsp3) is 0.462. The number of amides is 2. The molecule has 2 saturated heterocycles. The molecule has 0 saturated carbocycles. The van der Waals surface area contributed by atoms with E-state index in [1.54, 1.807) is 4.90 Å². The molecule has 0 unspecified atom stereocenters. The Morgan fingerprint density at radius 3 is 2.65 bits per heavy atom. The molecule has 2 amide bonds. The van der Waals surface area contributed by atoms with E-state index in [1.165, 1.54) is 0 Å². The Bertz CT molecular complexity index is 1110. The fourth-order valence-corrected chi connectivity index (χ4v) is 6.61. The van der Waals surface area contributed by atoms with Crippen LogP contribution in [0.4, 0.5) is 5.69 Å². The topological polar surface area (TPSA) is 70.1 Å². The molecule has 0 aliphatic carbocycles. The van der Waals surface area contributed by atoms with E-state index in [4.69, 9.17) is 4.74 Å². The van der Waals surface area contributed by atoms with E-state index < -0.39 is 5.60 Å². The third-order valence-electron chi connectivity index (χ3n) is 7.44. The molecule has 2 aromatic carbocycles. The van der Waals surface area contributed by atoms with Gasteiger partial charge in [0, 0.05) is 25.2 Å². The van der Waals surface area contributed by atoms with E-state index >= 15 is 0 Å². The maximum absolute atomic E-state index is 14.0. The maximum Gasteiger partial charge on any atom is 0.264 e. The number of aliphatic hydroxyl groups is 1. The summed E-state index contributed by atoms with van der Waals surface area (Å²) in [5.41, 5.74) is 1.80. The second kappa shape index (κ2) is 9.67. The number of benzene rings is 2. The Balaban J connectivity index is 1.42. The number of ether oxygens (including phenoxy) is 1. The standard InChI is InChI=1S/C26H28I2N2O4/c1-16-11-21(13-24(32)29-10-2-3-20(29)15-31)34-26(16)22-12-19(28)8-9-23(22)30(25(26)33)14-17-4-6-18(27)7-5-17/h4-9,12,16,20-21,31H,2-3,10-11,13-15H2,1H3/t16-,20-,21-,26+/m0/s1. The molecule has 4 atom stereocenters. The van der Waals surface area contributed by atoms with Crippen molar-refractivity contribution in [1.29, 1.82) is 0 Å². The first kappa shape index (κ1) is 24.5. The third-order valence-corrected chi connectivity index (χ3v) is 8.83. The number of fused-ring (bicyclic) bond motifs is 2. The predicted molar refractivity (Wildman–Crippen MR) is 146 cm³/mol. The number of anilines is 1. The molecule has 2 fully saturated rings. The molecule has 0 bridgehead atoms. The average molecular weight is 686 g/mol. The van der Waals surface area contributed by atoms with Crippen molar-refractivity contribution in [3.8, 4) is 0 Å². The summed E-state index contributed by atoms with van der Waals surface area (Å²) in [4.78, 5) is 30.7. The Hall–Kier alpha value is -1.24. The number of carbonyl (C=O) groups is 2. The van der Waals surface area contributed by atoms with E-state index in [9.17, 15) is 14.7 Å². The molecular formula is C26H28I2N2O4. The van der Waals surface area contributed by atoms with Gasteiger partial charge in [-0.3, -0.25) is 9.59 Å². The number of hydrogen-bond acceptors (Lipinski definition) is 4. The van der Waals surface area contributed by atoms with Crippen LogP contribution in [-0.4, -0.2) is 47.1 Å². The summed E-state index contributed by atoms with van der Waals surface area (Å²) in [5, 5.41) is 9.61. The third kappa shape index (κ3) is 4.18. The molecule has 0 aromatic heterocycles. The largest absolute Gasteiger partial charge is 0.394 e. The summed E-state index contributed by atoms with van der Waals surface area (Å²) in [7, 11) is 0. The second-order valence-electron chi connectivity index (χ2n) is 9.56. The summed E-state index contributed by atoms with van der Waals surface area (Å²) in [5.74, 6) is -0.0848. The lowest BCUT2D eigenvalue weighted by Gasteiger charge is -2.29. The minimum Gasteiger partial charge on any atom is -0.394 e. The van der Waals surface area contributed by atoms with Crippen molar-refractivity contribution < 1.29 is 19.4 Å². The van der Waals surface area contributed by atoms with E-state index in [0.29, 0.717) is 19.5 Å².